The van der Waals surface area contributed by atoms with Gasteiger partial charge in [-0.3, -0.25) is 4.79 Å². The molecule has 1 amide bonds. The number of alkyl halides is 3. The third-order valence-electron chi connectivity index (χ3n) is 3.86. The minimum absolute atomic E-state index is 0.0529. The van der Waals surface area contributed by atoms with E-state index in [0.717, 1.165) is 22.5 Å². The summed E-state index contributed by atoms with van der Waals surface area (Å²) in [6, 6.07) is 8.99. The topological polar surface area (TPSA) is 66.5 Å². The molecule has 2 aromatic carbocycles. The number of benzene rings is 2. The maximum absolute atomic E-state index is 12.7. The van der Waals surface area contributed by atoms with Crippen molar-refractivity contribution in [3.8, 4) is 0 Å². The number of nitrogens with one attached hydrogen (secondary N) is 1. The van der Waals surface area contributed by atoms with E-state index in [1.165, 1.54) is 38.4 Å². The number of hydrogen-bond acceptors (Lipinski definition) is 3. The van der Waals surface area contributed by atoms with Gasteiger partial charge in [0.25, 0.3) is 0 Å². The summed E-state index contributed by atoms with van der Waals surface area (Å²) in [7, 11) is -0.881. The Bertz CT molecular complexity index is 1010. The van der Waals surface area contributed by atoms with Gasteiger partial charge in [0.1, 0.15) is 0 Å². The molecule has 9 heteroatoms. The lowest BCUT2D eigenvalue weighted by molar-refractivity contribution is -0.137. The summed E-state index contributed by atoms with van der Waals surface area (Å²) >= 11 is 0. The summed E-state index contributed by atoms with van der Waals surface area (Å²) in [6.07, 6.45) is -2.14. The van der Waals surface area contributed by atoms with Crippen molar-refractivity contribution in [3.05, 3.63) is 65.2 Å². The Balaban J connectivity index is 2.19. The predicted octanol–water partition coefficient (Wildman–Crippen LogP) is 3.92. The molecule has 0 bridgehead atoms. The van der Waals surface area contributed by atoms with Crippen LogP contribution in [0, 0.1) is 6.92 Å². The molecule has 2 rings (SSSR count). The fourth-order valence-electron chi connectivity index (χ4n) is 2.33. The fraction of sp³-hybridized carbons (Fsp3) is 0.211. The molecule has 0 heterocycles. The lowest BCUT2D eigenvalue weighted by atomic mass is 10.1. The molecule has 0 fully saturated rings. The standard InChI is InChI=1S/C19H19F3N2O3S/c1-13-7-9-16(12-17(13)28(26,27)24(2)3)23-18(25)10-8-14-5-4-6-15(11-14)19(20,21)22/h4-12H,1-3H3,(H,23,25)/b10-8+. The largest absolute Gasteiger partial charge is 0.416 e. The molecular weight excluding hydrogens is 393 g/mol. The molecule has 28 heavy (non-hydrogen) atoms. The van der Waals surface area contributed by atoms with Crippen molar-refractivity contribution in [1.29, 1.82) is 0 Å². The van der Waals surface area contributed by atoms with Gasteiger partial charge in [-0.05, 0) is 48.4 Å². The molecule has 0 saturated carbocycles. The van der Waals surface area contributed by atoms with Crippen LogP contribution >= 0.6 is 0 Å². The van der Waals surface area contributed by atoms with Gasteiger partial charge in [-0.15, -0.1) is 0 Å². The van der Waals surface area contributed by atoms with Gasteiger partial charge in [0.15, 0.2) is 0 Å². The van der Waals surface area contributed by atoms with Gasteiger partial charge >= 0.3 is 6.18 Å². The van der Waals surface area contributed by atoms with Crippen molar-refractivity contribution < 1.29 is 26.4 Å². The minimum Gasteiger partial charge on any atom is -0.322 e. The van der Waals surface area contributed by atoms with E-state index in [1.807, 2.05) is 0 Å². The second-order valence-corrected chi connectivity index (χ2v) is 8.33. The zero-order valence-electron chi connectivity index (χ0n) is 15.4. The van der Waals surface area contributed by atoms with Crippen molar-refractivity contribution in [2.24, 2.45) is 0 Å². The van der Waals surface area contributed by atoms with Crippen LogP contribution in [-0.2, 0) is 21.0 Å². The Morgan fingerprint density at radius 2 is 1.79 bits per heavy atom. The fourth-order valence-corrected chi connectivity index (χ4v) is 3.47. The number of anilines is 1. The molecule has 150 valence electrons. The van der Waals surface area contributed by atoms with Crippen molar-refractivity contribution in [3.63, 3.8) is 0 Å². The molecule has 0 radical (unpaired) electrons. The Hall–Kier alpha value is -2.65. The summed E-state index contributed by atoms with van der Waals surface area (Å²) in [5.41, 5.74) is 0.174. The third kappa shape index (κ3) is 5.20. The quantitative estimate of drug-likeness (QED) is 0.757. The van der Waals surface area contributed by atoms with E-state index in [2.05, 4.69) is 5.32 Å². The average Bonchev–Trinajstić information content (AvgIpc) is 2.61. The zero-order chi connectivity index (χ0) is 21.1. The molecule has 1 N–H and O–H groups in total. The van der Waals surface area contributed by atoms with Crippen LogP contribution in [0.4, 0.5) is 18.9 Å². The van der Waals surface area contributed by atoms with Gasteiger partial charge in [-0.2, -0.15) is 13.2 Å². The van der Waals surface area contributed by atoms with Crippen molar-refractivity contribution in [2.45, 2.75) is 18.0 Å². The van der Waals surface area contributed by atoms with Crippen LogP contribution in [0.15, 0.2) is 53.4 Å². The summed E-state index contributed by atoms with van der Waals surface area (Å²) in [4.78, 5) is 12.1. The Morgan fingerprint density at radius 3 is 2.39 bits per heavy atom. The van der Waals surface area contributed by atoms with Crippen molar-refractivity contribution in [2.75, 3.05) is 19.4 Å². The molecule has 0 unspecified atom stereocenters. The Labute approximate surface area is 161 Å². The number of sulfonamides is 1. The number of rotatable bonds is 5. The number of carbonyl (C=O) groups excluding carboxylic acids is 1. The molecule has 0 aliphatic carbocycles. The highest BCUT2D eigenvalue weighted by molar-refractivity contribution is 7.89. The highest BCUT2D eigenvalue weighted by Gasteiger charge is 2.30. The average molecular weight is 412 g/mol. The van der Waals surface area contributed by atoms with Crippen LogP contribution < -0.4 is 5.32 Å². The highest BCUT2D eigenvalue weighted by Crippen LogP contribution is 2.29. The predicted molar refractivity (Wildman–Crippen MR) is 101 cm³/mol. The molecular formula is C19H19F3N2O3S. The van der Waals surface area contributed by atoms with Crippen molar-refractivity contribution >= 4 is 27.7 Å². The smallest absolute Gasteiger partial charge is 0.322 e. The van der Waals surface area contributed by atoms with E-state index < -0.39 is 27.7 Å². The first-order chi connectivity index (χ1) is 12.9. The summed E-state index contributed by atoms with van der Waals surface area (Å²) in [5, 5.41) is 2.50. The molecule has 2 aromatic rings. The van der Waals surface area contributed by atoms with Gasteiger partial charge in [-0.25, -0.2) is 12.7 Å². The van der Waals surface area contributed by atoms with Gasteiger partial charge in [-0.1, -0.05) is 18.2 Å². The van der Waals surface area contributed by atoms with Crippen LogP contribution in [-0.4, -0.2) is 32.7 Å². The summed E-state index contributed by atoms with van der Waals surface area (Å²) in [6.45, 7) is 1.63. The van der Waals surface area contributed by atoms with E-state index >= 15 is 0 Å². The van der Waals surface area contributed by atoms with Crippen LogP contribution in [0.25, 0.3) is 6.08 Å². The zero-order valence-corrected chi connectivity index (χ0v) is 16.2. The number of hydrogen-bond donors (Lipinski definition) is 1. The van der Waals surface area contributed by atoms with Crippen LogP contribution in [0.2, 0.25) is 0 Å². The maximum atomic E-state index is 12.7. The lowest BCUT2D eigenvalue weighted by Crippen LogP contribution is -2.23. The molecule has 0 spiro atoms. The third-order valence-corrected chi connectivity index (χ3v) is 5.81. The second kappa shape index (κ2) is 8.15. The normalized spacial score (nSPS) is 12.5. The van der Waals surface area contributed by atoms with Crippen molar-refractivity contribution in [1.82, 2.24) is 4.31 Å². The van der Waals surface area contributed by atoms with Gasteiger partial charge in [0, 0.05) is 25.9 Å². The van der Waals surface area contributed by atoms with E-state index in [0.29, 0.717) is 5.56 Å². The monoisotopic (exact) mass is 412 g/mol. The first-order valence-electron chi connectivity index (χ1n) is 8.11. The van der Waals surface area contributed by atoms with Gasteiger partial charge in [0.2, 0.25) is 15.9 Å². The minimum atomic E-state index is -4.47. The number of nitrogens with zero attached hydrogens (tertiary/aromatic N) is 1. The summed E-state index contributed by atoms with van der Waals surface area (Å²) < 4.78 is 63.9. The molecule has 0 saturated heterocycles. The summed E-state index contributed by atoms with van der Waals surface area (Å²) in [5.74, 6) is -0.602. The number of carbonyl (C=O) groups is 1. The van der Waals surface area contributed by atoms with E-state index in [1.54, 1.807) is 19.1 Å². The van der Waals surface area contributed by atoms with E-state index in [9.17, 15) is 26.4 Å². The lowest BCUT2D eigenvalue weighted by Gasteiger charge is -2.14. The molecule has 5 nitrogen and oxygen atoms in total. The Morgan fingerprint density at radius 1 is 1.11 bits per heavy atom. The Kier molecular flexibility index (Phi) is 6.30. The molecule has 0 aromatic heterocycles. The number of amides is 1. The highest BCUT2D eigenvalue weighted by atomic mass is 32.2. The first kappa shape index (κ1) is 21.6. The number of aryl methyl sites for hydroxylation is 1. The number of halogens is 3. The van der Waals surface area contributed by atoms with Gasteiger partial charge < -0.3 is 5.32 Å². The van der Waals surface area contributed by atoms with E-state index in [4.69, 9.17) is 0 Å². The van der Waals surface area contributed by atoms with E-state index in [-0.39, 0.29) is 16.1 Å². The molecule has 0 aliphatic heterocycles. The first-order valence-corrected chi connectivity index (χ1v) is 9.55. The maximum Gasteiger partial charge on any atom is 0.416 e. The SMILES string of the molecule is Cc1ccc(NC(=O)/C=C/c2cccc(C(F)(F)F)c2)cc1S(=O)(=O)N(C)C. The van der Waals surface area contributed by atoms with Gasteiger partial charge in [0.05, 0.1) is 10.5 Å². The molecule has 0 atom stereocenters. The molecule has 0 aliphatic rings. The van der Waals surface area contributed by atoms with Crippen LogP contribution in [0.5, 0.6) is 0 Å². The van der Waals surface area contributed by atoms with Crippen LogP contribution in [0.1, 0.15) is 16.7 Å². The van der Waals surface area contributed by atoms with Crippen LogP contribution in [0.3, 0.4) is 0 Å². The second-order valence-electron chi connectivity index (χ2n) is 6.21.